The molecule has 2 fully saturated rings. The molecule has 2 aliphatic rings. The van der Waals surface area contributed by atoms with Crippen LogP contribution in [0.5, 0.6) is 0 Å². The minimum absolute atomic E-state index is 0.256. The monoisotopic (exact) mass is 291 g/mol. The van der Waals surface area contributed by atoms with Gasteiger partial charge in [0.2, 0.25) is 0 Å². The third kappa shape index (κ3) is 4.44. The van der Waals surface area contributed by atoms with Crippen molar-refractivity contribution in [2.75, 3.05) is 13.1 Å². The van der Waals surface area contributed by atoms with Crippen LogP contribution >= 0.6 is 0 Å². The van der Waals surface area contributed by atoms with E-state index in [9.17, 15) is 5.26 Å². The van der Waals surface area contributed by atoms with Crippen LogP contribution in [-0.2, 0) is 0 Å². The number of rotatable bonds is 9. The van der Waals surface area contributed by atoms with Crippen LogP contribution in [0.2, 0.25) is 0 Å². The molecule has 0 aliphatic heterocycles. The standard InChI is InChI=1S/C18H33N3/c1-4-5-12-21(17-8-9-17)13-10-16-7-6-11-18(16,14-19)20-15(2)3/h15-17,20H,4-13H2,1-3H3. The SMILES string of the molecule is CCCCN(CCC1CCCC1(C#N)NC(C)C)C1CC1. The summed E-state index contributed by atoms with van der Waals surface area (Å²) in [5, 5.41) is 13.3. The zero-order valence-electron chi connectivity index (χ0n) is 14.2. The van der Waals surface area contributed by atoms with Gasteiger partial charge in [0.15, 0.2) is 0 Å². The zero-order valence-corrected chi connectivity index (χ0v) is 14.2. The first kappa shape index (κ1) is 16.8. The summed E-state index contributed by atoms with van der Waals surface area (Å²) in [5.41, 5.74) is -0.256. The Hall–Kier alpha value is -0.590. The molecule has 2 aliphatic carbocycles. The predicted molar refractivity (Wildman–Crippen MR) is 88.1 cm³/mol. The molecule has 0 amide bonds. The Labute approximate surface area is 131 Å². The van der Waals surface area contributed by atoms with Crippen molar-refractivity contribution in [2.45, 2.75) is 89.8 Å². The lowest BCUT2D eigenvalue weighted by Gasteiger charge is -2.33. The lowest BCUT2D eigenvalue weighted by molar-refractivity contribution is 0.208. The second-order valence-electron chi connectivity index (χ2n) is 7.38. The van der Waals surface area contributed by atoms with Crippen LogP contribution in [-0.4, -0.2) is 35.6 Å². The second-order valence-corrected chi connectivity index (χ2v) is 7.38. The Bertz CT molecular complexity index is 356. The number of hydrogen-bond donors (Lipinski definition) is 1. The van der Waals surface area contributed by atoms with Crippen LogP contribution in [0.25, 0.3) is 0 Å². The molecule has 0 bridgehead atoms. The van der Waals surface area contributed by atoms with Gasteiger partial charge in [0.1, 0.15) is 5.54 Å². The molecule has 2 rings (SSSR count). The molecule has 0 heterocycles. The highest BCUT2D eigenvalue weighted by Gasteiger charge is 2.43. The average molecular weight is 291 g/mol. The van der Waals surface area contributed by atoms with Crippen molar-refractivity contribution in [2.24, 2.45) is 5.92 Å². The van der Waals surface area contributed by atoms with Gasteiger partial charge in [-0.05, 0) is 71.4 Å². The quantitative estimate of drug-likeness (QED) is 0.704. The molecule has 2 unspecified atom stereocenters. The summed E-state index contributed by atoms with van der Waals surface area (Å²) in [7, 11) is 0. The fraction of sp³-hybridized carbons (Fsp3) is 0.944. The van der Waals surface area contributed by atoms with E-state index in [0.717, 1.165) is 12.5 Å². The molecule has 21 heavy (non-hydrogen) atoms. The summed E-state index contributed by atoms with van der Waals surface area (Å²) >= 11 is 0. The molecule has 0 aromatic carbocycles. The lowest BCUT2D eigenvalue weighted by atomic mass is 9.85. The Morgan fingerprint density at radius 3 is 2.62 bits per heavy atom. The van der Waals surface area contributed by atoms with Gasteiger partial charge in [0, 0.05) is 12.1 Å². The van der Waals surface area contributed by atoms with E-state index in [1.807, 2.05) is 0 Å². The lowest BCUT2D eigenvalue weighted by Crippen LogP contribution is -2.50. The van der Waals surface area contributed by atoms with Crippen LogP contribution in [0, 0.1) is 17.2 Å². The van der Waals surface area contributed by atoms with Crippen LogP contribution < -0.4 is 5.32 Å². The highest BCUT2D eigenvalue weighted by atomic mass is 15.2. The van der Waals surface area contributed by atoms with E-state index in [2.05, 4.69) is 37.1 Å². The smallest absolute Gasteiger partial charge is 0.109 e. The summed E-state index contributed by atoms with van der Waals surface area (Å²) in [6, 6.07) is 3.89. The molecule has 0 aromatic heterocycles. The predicted octanol–water partition coefficient (Wildman–Crippen LogP) is 3.70. The normalized spacial score (nSPS) is 29.2. The van der Waals surface area contributed by atoms with Crippen molar-refractivity contribution < 1.29 is 0 Å². The van der Waals surface area contributed by atoms with Gasteiger partial charge >= 0.3 is 0 Å². The molecule has 0 saturated heterocycles. The van der Waals surface area contributed by atoms with Gasteiger partial charge in [0.05, 0.1) is 6.07 Å². The molecule has 0 radical (unpaired) electrons. The van der Waals surface area contributed by atoms with E-state index in [0.29, 0.717) is 12.0 Å². The number of hydrogen-bond acceptors (Lipinski definition) is 3. The molecular weight excluding hydrogens is 258 g/mol. The van der Waals surface area contributed by atoms with E-state index >= 15 is 0 Å². The minimum Gasteiger partial charge on any atom is -0.300 e. The fourth-order valence-electron chi connectivity index (χ4n) is 3.95. The van der Waals surface area contributed by atoms with Crippen molar-refractivity contribution in [3.63, 3.8) is 0 Å². The van der Waals surface area contributed by atoms with Gasteiger partial charge in [-0.3, -0.25) is 5.32 Å². The molecule has 3 heteroatoms. The van der Waals surface area contributed by atoms with E-state index in [4.69, 9.17) is 0 Å². The van der Waals surface area contributed by atoms with Gasteiger partial charge < -0.3 is 4.90 Å². The van der Waals surface area contributed by atoms with E-state index < -0.39 is 0 Å². The summed E-state index contributed by atoms with van der Waals surface area (Å²) in [4.78, 5) is 2.69. The molecule has 3 nitrogen and oxygen atoms in total. The Balaban J connectivity index is 1.89. The maximum Gasteiger partial charge on any atom is 0.109 e. The third-order valence-electron chi connectivity index (χ3n) is 5.19. The molecule has 0 spiro atoms. The first-order chi connectivity index (χ1) is 10.1. The molecule has 2 atom stereocenters. The van der Waals surface area contributed by atoms with Crippen molar-refractivity contribution in [1.29, 1.82) is 5.26 Å². The highest BCUT2D eigenvalue weighted by Crippen LogP contribution is 2.39. The van der Waals surface area contributed by atoms with Gasteiger partial charge in [0.25, 0.3) is 0 Å². The highest BCUT2D eigenvalue weighted by molar-refractivity contribution is 5.14. The summed E-state index contributed by atoms with van der Waals surface area (Å²) in [6.07, 6.45) is 10.0. The van der Waals surface area contributed by atoms with Crippen molar-refractivity contribution >= 4 is 0 Å². The van der Waals surface area contributed by atoms with E-state index in [1.54, 1.807) is 0 Å². The van der Waals surface area contributed by atoms with Crippen LogP contribution in [0.4, 0.5) is 0 Å². The van der Waals surface area contributed by atoms with Crippen molar-refractivity contribution in [3.8, 4) is 6.07 Å². The van der Waals surface area contributed by atoms with Gasteiger partial charge in [-0.15, -0.1) is 0 Å². The summed E-state index contributed by atoms with van der Waals surface area (Å²) < 4.78 is 0. The molecule has 1 N–H and O–H groups in total. The van der Waals surface area contributed by atoms with Gasteiger partial charge in [-0.2, -0.15) is 5.26 Å². The Kier molecular flexibility index (Phi) is 6.08. The fourth-order valence-corrected chi connectivity index (χ4v) is 3.95. The van der Waals surface area contributed by atoms with E-state index in [1.165, 1.54) is 58.0 Å². The number of nitrogens with one attached hydrogen (secondary N) is 1. The van der Waals surface area contributed by atoms with Crippen molar-refractivity contribution in [1.82, 2.24) is 10.2 Å². The van der Waals surface area contributed by atoms with Crippen LogP contribution in [0.3, 0.4) is 0 Å². The number of nitriles is 1. The number of unbranched alkanes of at least 4 members (excludes halogenated alkanes) is 1. The molecule has 2 saturated carbocycles. The van der Waals surface area contributed by atoms with Crippen LogP contribution in [0.15, 0.2) is 0 Å². The summed E-state index contributed by atoms with van der Waals surface area (Å²) in [6.45, 7) is 9.04. The largest absolute Gasteiger partial charge is 0.300 e. The van der Waals surface area contributed by atoms with Crippen molar-refractivity contribution in [3.05, 3.63) is 0 Å². The minimum atomic E-state index is -0.256. The molecule has 0 aromatic rings. The first-order valence-electron chi connectivity index (χ1n) is 9.04. The molecule has 120 valence electrons. The maximum atomic E-state index is 9.74. The Morgan fingerprint density at radius 2 is 2.05 bits per heavy atom. The van der Waals surface area contributed by atoms with Gasteiger partial charge in [-0.25, -0.2) is 0 Å². The number of nitrogens with zero attached hydrogens (tertiary/aromatic N) is 2. The average Bonchev–Trinajstić information content (AvgIpc) is 3.22. The molecular formula is C18H33N3. The second kappa shape index (κ2) is 7.61. The topological polar surface area (TPSA) is 39.1 Å². The zero-order chi connectivity index (χ0) is 15.3. The Morgan fingerprint density at radius 1 is 1.29 bits per heavy atom. The van der Waals surface area contributed by atoms with E-state index in [-0.39, 0.29) is 5.54 Å². The summed E-state index contributed by atoms with van der Waals surface area (Å²) in [5.74, 6) is 0.535. The third-order valence-corrected chi connectivity index (χ3v) is 5.19. The van der Waals surface area contributed by atoms with Crippen LogP contribution in [0.1, 0.15) is 72.1 Å². The maximum absolute atomic E-state index is 9.74. The van der Waals surface area contributed by atoms with Gasteiger partial charge in [-0.1, -0.05) is 19.8 Å². The first-order valence-corrected chi connectivity index (χ1v) is 9.04.